The van der Waals surface area contributed by atoms with Crippen LogP contribution in [0.2, 0.25) is 0 Å². The Morgan fingerprint density at radius 2 is 1.54 bits per heavy atom. The van der Waals surface area contributed by atoms with Crippen molar-refractivity contribution in [2.75, 3.05) is 0 Å². The highest BCUT2D eigenvalue weighted by Gasteiger charge is 2.47. The van der Waals surface area contributed by atoms with Crippen LogP contribution in [0.5, 0.6) is 0 Å². The molecule has 0 amide bonds. The van der Waals surface area contributed by atoms with Crippen molar-refractivity contribution in [1.29, 1.82) is 0 Å². The van der Waals surface area contributed by atoms with Gasteiger partial charge in [-0.15, -0.1) is 0 Å². The summed E-state index contributed by atoms with van der Waals surface area (Å²) < 4.78 is 14.2. The van der Waals surface area contributed by atoms with E-state index in [0.717, 1.165) is 12.8 Å². The Labute approximate surface area is 81.9 Å². The first-order chi connectivity index (χ1) is 5.90. The summed E-state index contributed by atoms with van der Waals surface area (Å²) >= 11 is 0. The Morgan fingerprint density at radius 3 is 1.77 bits per heavy atom. The fourth-order valence-electron chi connectivity index (χ4n) is 3.04. The molecule has 0 saturated heterocycles. The van der Waals surface area contributed by atoms with Gasteiger partial charge >= 0.3 is 0 Å². The minimum atomic E-state index is -1.01. The Bertz CT molecular complexity index is 158. The van der Waals surface area contributed by atoms with Crippen molar-refractivity contribution in [1.82, 2.24) is 0 Å². The summed E-state index contributed by atoms with van der Waals surface area (Å²) in [7, 11) is 0. The second-order valence-electron chi connectivity index (χ2n) is 5.34. The molecule has 0 atom stereocenters. The third-order valence-corrected chi connectivity index (χ3v) is 4.03. The largest absolute Gasteiger partial charge is 0.244 e. The van der Waals surface area contributed by atoms with Crippen LogP contribution in [0.25, 0.3) is 0 Å². The molecule has 0 aromatic heterocycles. The molecule has 0 bridgehead atoms. The van der Waals surface area contributed by atoms with Crippen LogP contribution in [-0.2, 0) is 0 Å². The van der Waals surface area contributed by atoms with Gasteiger partial charge in [0, 0.05) is 5.41 Å². The second kappa shape index (κ2) is 3.59. The lowest BCUT2D eigenvalue weighted by atomic mass is 9.59. The van der Waals surface area contributed by atoms with E-state index in [1.54, 1.807) is 13.8 Å². The van der Waals surface area contributed by atoms with E-state index >= 15 is 0 Å². The van der Waals surface area contributed by atoms with E-state index in [0.29, 0.717) is 5.92 Å². The van der Waals surface area contributed by atoms with Crippen molar-refractivity contribution in [3.8, 4) is 0 Å². The Balaban J connectivity index is 2.86. The third-order valence-electron chi connectivity index (χ3n) is 4.03. The summed E-state index contributed by atoms with van der Waals surface area (Å²) in [6.07, 6.45) is 5.88. The van der Waals surface area contributed by atoms with E-state index in [2.05, 4.69) is 13.8 Å². The summed E-state index contributed by atoms with van der Waals surface area (Å²) in [5, 5.41) is 0. The molecule has 78 valence electrons. The van der Waals surface area contributed by atoms with Crippen LogP contribution >= 0.6 is 0 Å². The van der Waals surface area contributed by atoms with Gasteiger partial charge in [-0.3, -0.25) is 0 Å². The molecule has 0 heterocycles. The maximum absolute atomic E-state index is 14.2. The summed E-state index contributed by atoms with van der Waals surface area (Å²) in [6, 6.07) is 0. The molecule has 1 aliphatic carbocycles. The van der Waals surface area contributed by atoms with Gasteiger partial charge in [0.05, 0.1) is 0 Å². The molecule has 0 aliphatic heterocycles. The molecule has 13 heavy (non-hydrogen) atoms. The lowest BCUT2D eigenvalue weighted by Crippen LogP contribution is -2.45. The highest BCUT2D eigenvalue weighted by Crippen LogP contribution is 2.51. The molecule has 0 N–H and O–H groups in total. The van der Waals surface area contributed by atoms with Crippen molar-refractivity contribution in [3.05, 3.63) is 0 Å². The predicted octanol–water partition coefficient (Wildman–Crippen LogP) is 4.34. The first kappa shape index (κ1) is 11.0. The number of hydrogen-bond donors (Lipinski definition) is 0. The quantitative estimate of drug-likeness (QED) is 0.601. The summed E-state index contributed by atoms with van der Waals surface area (Å²) in [4.78, 5) is 0. The Kier molecular flexibility index (Phi) is 3.04. The maximum atomic E-state index is 14.2. The van der Waals surface area contributed by atoms with Gasteiger partial charge in [-0.05, 0) is 32.6 Å². The lowest BCUT2D eigenvalue weighted by Gasteiger charge is -2.48. The Hall–Kier alpha value is -0.0700. The van der Waals surface area contributed by atoms with Crippen LogP contribution < -0.4 is 0 Å². The number of alkyl halides is 1. The van der Waals surface area contributed by atoms with E-state index in [4.69, 9.17) is 0 Å². The van der Waals surface area contributed by atoms with Gasteiger partial charge < -0.3 is 0 Å². The first-order valence-corrected chi connectivity index (χ1v) is 5.59. The van der Waals surface area contributed by atoms with E-state index in [1.165, 1.54) is 19.3 Å². The van der Waals surface area contributed by atoms with Crippen molar-refractivity contribution in [2.24, 2.45) is 11.3 Å². The topological polar surface area (TPSA) is 0 Å². The summed E-state index contributed by atoms with van der Waals surface area (Å²) in [5.74, 6) is 0.466. The standard InChI is InChI=1S/C12H23F/c1-10(2)12(11(3,4)13)8-6-5-7-9-12/h10H,5-9H2,1-4H3. The molecule has 1 saturated carbocycles. The van der Waals surface area contributed by atoms with Crippen LogP contribution in [0, 0.1) is 11.3 Å². The van der Waals surface area contributed by atoms with E-state index < -0.39 is 5.67 Å². The molecule has 0 spiro atoms. The van der Waals surface area contributed by atoms with Gasteiger partial charge in [0.1, 0.15) is 5.67 Å². The van der Waals surface area contributed by atoms with Crippen LogP contribution in [-0.4, -0.2) is 5.67 Å². The third kappa shape index (κ3) is 1.89. The molecule has 0 unspecified atom stereocenters. The molecule has 1 rings (SSSR count). The average molecular weight is 186 g/mol. The molecule has 1 aliphatic rings. The van der Waals surface area contributed by atoms with Crippen molar-refractivity contribution in [3.63, 3.8) is 0 Å². The number of hydrogen-bond acceptors (Lipinski definition) is 0. The van der Waals surface area contributed by atoms with Crippen molar-refractivity contribution in [2.45, 2.75) is 65.5 Å². The minimum Gasteiger partial charge on any atom is -0.244 e. The highest BCUT2D eigenvalue weighted by molar-refractivity contribution is 4.97. The Morgan fingerprint density at radius 1 is 1.08 bits per heavy atom. The molecule has 0 aromatic carbocycles. The van der Waals surface area contributed by atoms with Crippen LogP contribution in [0.1, 0.15) is 59.8 Å². The molecule has 0 radical (unpaired) electrons. The van der Waals surface area contributed by atoms with Crippen LogP contribution in [0.3, 0.4) is 0 Å². The zero-order valence-corrected chi connectivity index (χ0v) is 9.49. The normalized spacial score (nSPS) is 23.5. The molecule has 0 aromatic rings. The molecule has 0 nitrogen and oxygen atoms in total. The number of halogens is 1. The van der Waals surface area contributed by atoms with Crippen LogP contribution in [0.15, 0.2) is 0 Å². The van der Waals surface area contributed by atoms with E-state index in [1.807, 2.05) is 0 Å². The zero-order valence-electron chi connectivity index (χ0n) is 9.49. The fourth-order valence-corrected chi connectivity index (χ4v) is 3.04. The number of rotatable bonds is 2. The molecule has 1 heteroatoms. The van der Waals surface area contributed by atoms with Gasteiger partial charge in [-0.1, -0.05) is 33.1 Å². The fraction of sp³-hybridized carbons (Fsp3) is 1.00. The van der Waals surface area contributed by atoms with Crippen molar-refractivity contribution >= 4 is 0 Å². The van der Waals surface area contributed by atoms with Crippen LogP contribution in [0.4, 0.5) is 4.39 Å². The lowest BCUT2D eigenvalue weighted by molar-refractivity contribution is -0.0467. The van der Waals surface area contributed by atoms with Gasteiger partial charge in [0.25, 0.3) is 0 Å². The van der Waals surface area contributed by atoms with Gasteiger partial charge in [-0.2, -0.15) is 0 Å². The summed E-state index contributed by atoms with van der Waals surface area (Å²) in [6.45, 7) is 7.87. The monoisotopic (exact) mass is 186 g/mol. The minimum absolute atomic E-state index is 0.0503. The average Bonchev–Trinajstić information content (AvgIpc) is 2.03. The SMILES string of the molecule is CC(C)C1(C(C)(C)F)CCCCC1. The van der Waals surface area contributed by atoms with Crippen molar-refractivity contribution < 1.29 is 4.39 Å². The summed E-state index contributed by atoms with van der Waals surface area (Å²) in [5.41, 5.74) is -1.06. The second-order valence-corrected chi connectivity index (χ2v) is 5.34. The molecular weight excluding hydrogens is 163 g/mol. The molecular formula is C12H23F. The smallest absolute Gasteiger partial charge is 0.111 e. The predicted molar refractivity (Wildman–Crippen MR) is 55.5 cm³/mol. The van der Waals surface area contributed by atoms with E-state index in [9.17, 15) is 4.39 Å². The van der Waals surface area contributed by atoms with Gasteiger partial charge in [0.2, 0.25) is 0 Å². The zero-order chi connectivity index (χ0) is 10.1. The van der Waals surface area contributed by atoms with E-state index in [-0.39, 0.29) is 5.41 Å². The first-order valence-electron chi connectivity index (χ1n) is 5.59. The molecule has 1 fully saturated rings. The highest BCUT2D eigenvalue weighted by atomic mass is 19.1. The maximum Gasteiger partial charge on any atom is 0.111 e. The van der Waals surface area contributed by atoms with Gasteiger partial charge in [-0.25, -0.2) is 4.39 Å². The van der Waals surface area contributed by atoms with Gasteiger partial charge in [0.15, 0.2) is 0 Å².